The van der Waals surface area contributed by atoms with Gasteiger partial charge in [-0.2, -0.15) is 0 Å². The predicted octanol–water partition coefficient (Wildman–Crippen LogP) is -1.52. The Bertz CT molecular complexity index is 172. The fraction of sp³-hybridized carbons (Fsp3) is 0.625. The maximum absolute atomic E-state index is 9.99. The highest BCUT2D eigenvalue weighted by Gasteiger charge is 2.33. The van der Waals surface area contributed by atoms with Crippen LogP contribution in [0.3, 0.4) is 0 Å². The first-order valence-corrected chi connectivity index (χ1v) is 4.01. The summed E-state index contributed by atoms with van der Waals surface area (Å²) in [7, 11) is 0. The molecule has 0 aromatic carbocycles. The Hall–Kier alpha value is -1.63. The van der Waals surface area contributed by atoms with Gasteiger partial charge in [0.05, 0.1) is 12.0 Å². The molecular weight excluding hydrogens is 208 g/mol. The van der Waals surface area contributed by atoms with Crippen molar-refractivity contribution in [3.8, 4) is 0 Å². The molecule has 0 amide bonds. The van der Waals surface area contributed by atoms with Crippen molar-refractivity contribution in [2.45, 2.75) is 0 Å². The van der Waals surface area contributed by atoms with Crippen LogP contribution in [0.5, 0.6) is 0 Å². The van der Waals surface area contributed by atoms with Gasteiger partial charge in [0.1, 0.15) is 19.8 Å². The minimum absolute atomic E-state index is 0.187. The van der Waals surface area contributed by atoms with Gasteiger partial charge in [-0.05, 0) is 0 Å². The van der Waals surface area contributed by atoms with E-state index in [1.54, 1.807) is 0 Å². The average Bonchev–Trinajstić information content (AvgIpc) is 2.29. The summed E-state index contributed by atoms with van der Waals surface area (Å²) < 4.78 is 13.4. The highest BCUT2D eigenvalue weighted by atomic mass is 16.5. The summed E-state index contributed by atoms with van der Waals surface area (Å²) in [5, 5.41) is 9.07. The monoisotopic (exact) mass is 220 g/mol. The molecule has 0 atom stereocenters. The third kappa shape index (κ3) is 4.96. The highest BCUT2D eigenvalue weighted by molar-refractivity contribution is 5.38. The molecular formula is C8H12O7. The second-order valence-corrected chi connectivity index (χ2v) is 2.88. The Labute approximate surface area is 85.9 Å². The van der Waals surface area contributed by atoms with E-state index in [1.165, 1.54) is 0 Å². The van der Waals surface area contributed by atoms with Crippen LogP contribution in [0.4, 0.5) is 0 Å². The molecule has 0 unspecified atom stereocenters. The molecule has 15 heavy (non-hydrogen) atoms. The van der Waals surface area contributed by atoms with Crippen LogP contribution >= 0.6 is 0 Å². The smallest absolute Gasteiger partial charge is 0.293 e. The summed E-state index contributed by atoms with van der Waals surface area (Å²) in [6.45, 7) is -0.536. The minimum atomic E-state index is -1.11. The van der Waals surface area contributed by atoms with E-state index in [2.05, 4.69) is 14.2 Å². The van der Waals surface area contributed by atoms with Crippen LogP contribution in [-0.4, -0.2) is 51.0 Å². The van der Waals surface area contributed by atoms with Crippen molar-refractivity contribution < 1.29 is 33.7 Å². The number of aliphatic hydroxyl groups excluding tert-OH is 1. The standard InChI is InChI=1S/C8H12O7/c9-1-8(2-13-5-10,3-14-6-11)4-15-7-12/h5-7,9H,1-4H2. The molecule has 0 aromatic rings. The minimum Gasteiger partial charge on any atom is -0.467 e. The van der Waals surface area contributed by atoms with E-state index in [0.717, 1.165) is 0 Å². The zero-order chi connectivity index (χ0) is 11.6. The van der Waals surface area contributed by atoms with Crippen LogP contribution in [0.2, 0.25) is 0 Å². The topological polar surface area (TPSA) is 99.1 Å². The SMILES string of the molecule is O=COCC(CO)(COC=O)COC=O. The first-order valence-electron chi connectivity index (χ1n) is 4.01. The molecule has 0 aliphatic carbocycles. The van der Waals surface area contributed by atoms with E-state index in [-0.39, 0.29) is 39.2 Å². The van der Waals surface area contributed by atoms with Gasteiger partial charge in [-0.25, -0.2) is 0 Å². The third-order valence-corrected chi connectivity index (χ3v) is 1.71. The van der Waals surface area contributed by atoms with Crippen molar-refractivity contribution in [3.05, 3.63) is 0 Å². The number of carbonyl (C=O) groups is 3. The van der Waals surface area contributed by atoms with Gasteiger partial charge in [-0.15, -0.1) is 0 Å². The Morgan fingerprint density at radius 1 is 0.867 bits per heavy atom. The van der Waals surface area contributed by atoms with E-state index < -0.39 is 12.0 Å². The van der Waals surface area contributed by atoms with Crippen molar-refractivity contribution in [2.24, 2.45) is 5.41 Å². The molecule has 0 aromatic heterocycles. The summed E-state index contributed by atoms with van der Waals surface area (Å²) in [6.07, 6.45) is 0. The Morgan fingerprint density at radius 2 is 1.20 bits per heavy atom. The van der Waals surface area contributed by atoms with Crippen LogP contribution in [0, 0.1) is 5.41 Å². The average molecular weight is 220 g/mol. The molecule has 0 radical (unpaired) electrons. The summed E-state index contributed by atoms with van der Waals surface area (Å²) >= 11 is 0. The normalized spacial score (nSPS) is 10.2. The Kier molecular flexibility index (Phi) is 6.90. The summed E-state index contributed by atoms with van der Waals surface area (Å²) in [5.41, 5.74) is -1.11. The molecule has 0 fully saturated rings. The van der Waals surface area contributed by atoms with Gasteiger partial charge < -0.3 is 19.3 Å². The number of aliphatic hydroxyl groups is 1. The van der Waals surface area contributed by atoms with Crippen molar-refractivity contribution in [1.82, 2.24) is 0 Å². The molecule has 7 heteroatoms. The number of hydrogen-bond acceptors (Lipinski definition) is 7. The molecule has 7 nitrogen and oxygen atoms in total. The van der Waals surface area contributed by atoms with Crippen molar-refractivity contribution in [2.75, 3.05) is 26.4 Å². The molecule has 0 aliphatic rings. The Morgan fingerprint density at radius 3 is 1.40 bits per heavy atom. The number of hydrogen-bond donors (Lipinski definition) is 1. The molecule has 0 spiro atoms. The van der Waals surface area contributed by atoms with E-state index in [9.17, 15) is 14.4 Å². The first kappa shape index (κ1) is 13.4. The lowest BCUT2D eigenvalue weighted by atomic mass is 9.92. The van der Waals surface area contributed by atoms with Crippen LogP contribution in [0.1, 0.15) is 0 Å². The zero-order valence-electron chi connectivity index (χ0n) is 7.96. The van der Waals surface area contributed by atoms with Crippen LogP contribution in [0.25, 0.3) is 0 Å². The molecule has 0 saturated carbocycles. The van der Waals surface area contributed by atoms with Crippen LogP contribution < -0.4 is 0 Å². The molecule has 0 rings (SSSR count). The summed E-state index contributed by atoms with van der Waals surface area (Å²) in [6, 6.07) is 0. The maximum Gasteiger partial charge on any atom is 0.293 e. The zero-order valence-corrected chi connectivity index (χ0v) is 7.96. The van der Waals surface area contributed by atoms with E-state index >= 15 is 0 Å². The van der Waals surface area contributed by atoms with Crippen LogP contribution in [-0.2, 0) is 28.6 Å². The maximum atomic E-state index is 9.99. The highest BCUT2D eigenvalue weighted by Crippen LogP contribution is 2.17. The summed E-state index contributed by atoms with van der Waals surface area (Å²) in [4.78, 5) is 30.0. The predicted molar refractivity (Wildman–Crippen MR) is 45.6 cm³/mol. The number of rotatable bonds is 10. The molecule has 0 aliphatic heterocycles. The van der Waals surface area contributed by atoms with Crippen molar-refractivity contribution >= 4 is 19.4 Å². The van der Waals surface area contributed by atoms with Gasteiger partial charge in [0.2, 0.25) is 0 Å². The number of ether oxygens (including phenoxy) is 3. The van der Waals surface area contributed by atoms with Crippen molar-refractivity contribution in [1.29, 1.82) is 0 Å². The molecule has 1 N–H and O–H groups in total. The van der Waals surface area contributed by atoms with Gasteiger partial charge in [0.25, 0.3) is 19.4 Å². The lowest BCUT2D eigenvalue weighted by Crippen LogP contribution is -2.40. The second kappa shape index (κ2) is 7.74. The van der Waals surface area contributed by atoms with E-state index in [0.29, 0.717) is 0 Å². The largest absolute Gasteiger partial charge is 0.467 e. The van der Waals surface area contributed by atoms with E-state index in [4.69, 9.17) is 5.11 Å². The van der Waals surface area contributed by atoms with Crippen molar-refractivity contribution in [3.63, 3.8) is 0 Å². The lowest BCUT2D eigenvalue weighted by Gasteiger charge is -2.27. The Balaban J connectivity index is 4.34. The third-order valence-electron chi connectivity index (χ3n) is 1.71. The quantitative estimate of drug-likeness (QED) is 0.352. The molecule has 0 bridgehead atoms. The van der Waals surface area contributed by atoms with Gasteiger partial charge in [-0.1, -0.05) is 0 Å². The van der Waals surface area contributed by atoms with Gasteiger partial charge in [0, 0.05) is 0 Å². The van der Waals surface area contributed by atoms with Gasteiger partial charge >= 0.3 is 0 Å². The molecule has 86 valence electrons. The first-order chi connectivity index (χ1) is 7.24. The number of carbonyl (C=O) groups excluding carboxylic acids is 3. The fourth-order valence-electron chi connectivity index (χ4n) is 0.894. The van der Waals surface area contributed by atoms with Gasteiger partial charge in [-0.3, -0.25) is 14.4 Å². The lowest BCUT2D eigenvalue weighted by molar-refractivity contribution is -0.149. The molecule has 0 heterocycles. The fourth-order valence-corrected chi connectivity index (χ4v) is 0.894. The van der Waals surface area contributed by atoms with E-state index in [1.807, 2.05) is 0 Å². The van der Waals surface area contributed by atoms with Crippen LogP contribution in [0.15, 0.2) is 0 Å². The summed E-state index contributed by atoms with van der Waals surface area (Å²) in [5.74, 6) is 0. The second-order valence-electron chi connectivity index (χ2n) is 2.88. The van der Waals surface area contributed by atoms with Gasteiger partial charge in [0.15, 0.2) is 0 Å². The molecule has 0 saturated heterocycles.